The van der Waals surface area contributed by atoms with Crippen LogP contribution in [-0.4, -0.2) is 10.9 Å². The highest BCUT2D eigenvalue weighted by molar-refractivity contribution is 6.16. The van der Waals surface area contributed by atoms with Gasteiger partial charge in [-0.1, -0.05) is 43.7 Å². The molecule has 1 aliphatic heterocycles. The highest BCUT2D eigenvalue weighted by Gasteiger charge is 2.30. The second-order valence-electron chi connectivity index (χ2n) is 5.44. The smallest absolute Gasteiger partial charge is 0.235 e. The molecule has 0 bridgehead atoms. The van der Waals surface area contributed by atoms with Gasteiger partial charge < -0.3 is 9.84 Å². The van der Waals surface area contributed by atoms with E-state index in [4.69, 9.17) is 4.74 Å². The first kappa shape index (κ1) is 14.4. The summed E-state index contributed by atoms with van der Waals surface area (Å²) in [5.41, 5.74) is 2.45. The van der Waals surface area contributed by atoms with Gasteiger partial charge in [0.15, 0.2) is 5.76 Å². The molecule has 22 heavy (non-hydrogen) atoms. The van der Waals surface area contributed by atoms with E-state index < -0.39 is 0 Å². The highest BCUT2D eigenvalue weighted by Crippen LogP contribution is 2.37. The Morgan fingerprint density at radius 2 is 1.91 bits per heavy atom. The summed E-state index contributed by atoms with van der Waals surface area (Å²) in [4.78, 5) is 12.3. The molecule has 0 aromatic heterocycles. The summed E-state index contributed by atoms with van der Waals surface area (Å²) in [6.07, 6.45) is 5.14. The van der Waals surface area contributed by atoms with Gasteiger partial charge in [-0.3, -0.25) is 4.79 Å². The molecule has 0 saturated heterocycles. The third-order valence-corrected chi connectivity index (χ3v) is 3.77. The van der Waals surface area contributed by atoms with E-state index in [-0.39, 0.29) is 22.9 Å². The predicted octanol–water partition coefficient (Wildman–Crippen LogP) is 4.35. The Hall–Kier alpha value is -2.55. The Balaban J connectivity index is 1.82. The number of carbonyl (C=O) groups is 1. The number of aryl methyl sites for hydroxylation is 1. The van der Waals surface area contributed by atoms with Crippen molar-refractivity contribution >= 4 is 11.9 Å². The number of Topliss-reactive ketones (excluding diaryl/α,β-unsaturated/α-hetero) is 1. The number of ketones is 1. The molecule has 2 aromatic rings. The molecule has 0 spiro atoms. The van der Waals surface area contributed by atoms with Gasteiger partial charge >= 0.3 is 0 Å². The number of rotatable bonds is 4. The lowest BCUT2D eigenvalue weighted by Crippen LogP contribution is -1.98. The number of allylic oxidation sites excluding steroid dienone is 1. The molecule has 0 fully saturated rings. The molecule has 3 nitrogen and oxygen atoms in total. The average molecular weight is 294 g/mol. The van der Waals surface area contributed by atoms with Gasteiger partial charge in [-0.2, -0.15) is 0 Å². The molecule has 0 radical (unpaired) electrons. The van der Waals surface area contributed by atoms with Crippen LogP contribution >= 0.6 is 0 Å². The zero-order valence-corrected chi connectivity index (χ0v) is 12.5. The standard InChI is InChI=1S/C19H18O3/c1-2-3-5-13-8-10-14(11-9-13)12-17-19(21)18-15(20)6-4-7-16(18)22-17/h4,6-12,20H,2-3,5H2,1H3/b17-12-. The number of phenols is 1. The zero-order chi connectivity index (χ0) is 15.5. The van der Waals surface area contributed by atoms with Gasteiger partial charge in [-0.05, 0) is 42.2 Å². The molecule has 1 aliphatic rings. The summed E-state index contributed by atoms with van der Waals surface area (Å²) < 4.78 is 5.55. The Kier molecular flexibility index (Phi) is 3.96. The number of unbranched alkanes of at least 4 members (excludes halogenated alkanes) is 1. The maximum atomic E-state index is 12.3. The van der Waals surface area contributed by atoms with E-state index in [1.54, 1.807) is 18.2 Å². The van der Waals surface area contributed by atoms with Crippen molar-refractivity contribution in [1.82, 2.24) is 0 Å². The number of phenolic OH excluding ortho intramolecular Hbond substituents is 1. The molecule has 0 atom stereocenters. The summed E-state index contributed by atoms with van der Waals surface area (Å²) in [6.45, 7) is 2.18. The number of fused-ring (bicyclic) bond motifs is 1. The summed E-state index contributed by atoms with van der Waals surface area (Å²) in [5.74, 6) is 0.345. The second-order valence-corrected chi connectivity index (χ2v) is 5.44. The first-order chi connectivity index (χ1) is 10.7. The van der Waals surface area contributed by atoms with Crippen LogP contribution in [0, 0.1) is 0 Å². The first-order valence-corrected chi connectivity index (χ1v) is 7.54. The number of hydrogen-bond donors (Lipinski definition) is 1. The number of benzene rings is 2. The molecule has 1 heterocycles. The van der Waals surface area contributed by atoms with E-state index in [0.717, 1.165) is 12.0 Å². The third-order valence-electron chi connectivity index (χ3n) is 3.77. The van der Waals surface area contributed by atoms with Crippen LogP contribution in [0.2, 0.25) is 0 Å². The average Bonchev–Trinajstić information content (AvgIpc) is 2.84. The van der Waals surface area contributed by atoms with Crippen LogP contribution < -0.4 is 4.74 Å². The van der Waals surface area contributed by atoms with Gasteiger partial charge in [0.2, 0.25) is 5.78 Å². The van der Waals surface area contributed by atoms with Gasteiger partial charge in [-0.15, -0.1) is 0 Å². The molecule has 2 aromatic carbocycles. The molecule has 3 heteroatoms. The van der Waals surface area contributed by atoms with E-state index in [1.807, 2.05) is 12.1 Å². The normalized spacial score (nSPS) is 15.0. The number of carbonyl (C=O) groups excluding carboxylic acids is 1. The number of hydrogen-bond acceptors (Lipinski definition) is 3. The van der Waals surface area contributed by atoms with Crippen molar-refractivity contribution in [3.8, 4) is 11.5 Å². The van der Waals surface area contributed by atoms with Gasteiger partial charge in [-0.25, -0.2) is 0 Å². The minimum Gasteiger partial charge on any atom is -0.507 e. The van der Waals surface area contributed by atoms with E-state index in [0.29, 0.717) is 5.75 Å². The summed E-state index contributed by atoms with van der Waals surface area (Å²) in [5, 5.41) is 9.78. The Labute approximate surface area is 129 Å². The summed E-state index contributed by atoms with van der Waals surface area (Å²) in [7, 11) is 0. The van der Waals surface area contributed by atoms with Gasteiger partial charge in [0.25, 0.3) is 0 Å². The minimum absolute atomic E-state index is 0.0409. The lowest BCUT2D eigenvalue weighted by Gasteiger charge is -2.01. The monoisotopic (exact) mass is 294 g/mol. The molecule has 1 N–H and O–H groups in total. The first-order valence-electron chi connectivity index (χ1n) is 7.54. The summed E-state index contributed by atoms with van der Waals surface area (Å²) in [6, 6.07) is 13.0. The molecule has 3 rings (SSSR count). The SMILES string of the molecule is CCCCc1ccc(/C=C2\Oc3cccc(O)c3C2=O)cc1. The number of aromatic hydroxyl groups is 1. The van der Waals surface area contributed by atoms with E-state index in [2.05, 4.69) is 19.1 Å². The molecule has 0 saturated carbocycles. The fraction of sp³-hybridized carbons (Fsp3) is 0.211. The van der Waals surface area contributed by atoms with Crippen molar-refractivity contribution in [2.24, 2.45) is 0 Å². The highest BCUT2D eigenvalue weighted by atomic mass is 16.5. The summed E-state index contributed by atoms with van der Waals surface area (Å²) >= 11 is 0. The Bertz CT molecular complexity index is 727. The van der Waals surface area contributed by atoms with Crippen molar-refractivity contribution in [1.29, 1.82) is 0 Å². The molecule has 0 unspecified atom stereocenters. The van der Waals surface area contributed by atoms with Crippen molar-refractivity contribution in [3.63, 3.8) is 0 Å². The molecule has 0 amide bonds. The molecular weight excluding hydrogens is 276 g/mol. The van der Waals surface area contributed by atoms with Crippen LogP contribution in [-0.2, 0) is 6.42 Å². The number of ether oxygens (including phenoxy) is 1. The Morgan fingerprint density at radius 1 is 1.14 bits per heavy atom. The van der Waals surface area contributed by atoms with Crippen molar-refractivity contribution in [2.45, 2.75) is 26.2 Å². The van der Waals surface area contributed by atoms with Crippen LogP contribution in [0.4, 0.5) is 0 Å². The van der Waals surface area contributed by atoms with Gasteiger partial charge in [0.05, 0.1) is 0 Å². The van der Waals surface area contributed by atoms with E-state index in [1.165, 1.54) is 24.5 Å². The van der Waals surface area contributed by atoms with Crippen LogP contribution in [0.1, 0.15) is 41.3 Å². The largest absolute Gasteiger partial charge is 0.507 e. The van der Waals surface area contributed by atoms with Crippen molar-refractivity contribution in [2.75, 3.05) is 0 Å². The maximum absolute atomic E-state index is 12.3. The van der Waals surface area contributed by atoms with Crippen LogP contribution in [0.3, 0.4) is 0 Å². The Morgan fingerprint density at radius 3 is 2.59 bits per heavy atom. The van der Waals surface area contributed by atoms with Crippen LogP contribution in [0.5, 0.6) is 11.5 Å². The lowest BCUT2D eigenvalue weighted by atomic mass is 10.0. The van der Waals surface area contributed by atoms with Gasteiger partial charge in [0.1, 0.15) is 17.1 Å². The zero-order valence-electron chi connectivity index (χ0n) is 12.5. The molecular formula is C19H18O3. The maximum Gasteiger partial charge on any atom is 0.235 e. The lowest BCUT2D eigenvalue weighted by molar-refractivity contribution is 0.101. The second kappa shape index (κ2) is 6.06. The molecule has 112 valence electrons. The fourth-order valence-electron chi connectivity index (χ4n) is 2.53. The quantitative estimate of drug-likeness (QED) is 0.853. The third kappa shape index (κ3) is 2.75. The van der Waals surface area contributed by atoms with Gasteiger partial charge in [0, 0.05) is 0 Å². The predicted molar refractivity (Wildman–Crippen MR) is 86.1 cm³/mol. The van der Waals surface area contributed by atoms with Crippen LogP contribution in [0.15, 0.2) is 48.2 Å². The fourth-order valence-corrected chi connectivity index (χ4v) is 2.53. The topological polar surface area (TPSA) is 46.5 Å². The van der Waals surface area contributed by atoms with Crippen molar-refractivity contribution in [3.05, 3.63) is 64.9 Å². The van der Waals surface area contributed by atoms with E-state index >= 15 is 0 Å². The minimum atomic E-state index is -0.275. The van der Waals surface area contributed by atoms with Crippen LogP contribution in [0.25, 0.3) is 6.08 Å². The molecule has 0 aliphatic carbocycles. The van der Waals surface area contributed by atoms with Crippen molar-refractivity contribution < 1.29 is 14.6 Å². The van der Waals surface area contributed by atoms with E-state index in [9.17, 15) is 9.90 Å².